The Hall–Kier alpha value is -0.610. The highest BCUT2D eigenvalue weighted by Crippen LogP contribution is 2.35. The third-order valence-corrected chi connectivity index (χ3v) is 4.09. The Labute approximate surface area is 111 Å². The highest BCUT2D eigenvalue weighted by Gasteiger charge is 2.31. The van der Waals surface area contributed by atoms with E-state index in [2.05, 4.69) is 26.2 Å². The molecule has 0 unspecified atom stereocenters. The molecule has 0 atom stereocenters. The Kier molecular flexibility index (Phi) is 4.40. The van der Waals surface area contributed by atoms with E-state index >= 15 is 0 Å². The average Bonchev–Trinajstić information content (AvgIpc) is 2.39. The number of hydrogen-bond acceptors (Lipinski definition) is 3. The summed E-state index contributed by atoms with van der Waals surface area (Å²) in [6, 6.07) is 3.93. The molecular weight excluding hydrogens is 280 g/mol. The zero-order chi connectivity index (χ0) is 12.1. The van der Waals surface area contributed by atoms with Gasteiger partial charge in [-0.05, 0) is 40.9 Å². The predicted octanol–water partition coefficient (Wildman–Crippen LogP) is 3.20. The van der Waals surface area contributed by atoms with Crippen LogP contribution < -0.4 is 5.32 Å². The number of nitrogens with one attached hydrogen (secondary N) is 1. The van der Waals surface area contributed by atoms with Crippen LogP contribution in [-0.2, 0) is 0 Å². The lowest BCUT2D eigenvalue weighted by molar-refractivity contribution is 0.0943. The molecule has 94 valence electrons. The first-order valence-corrected chi connectivity index (χ1v) is 7.00. The summed E-state index contributed by atoms with van der Waals surface area (Å²) in [6.07, 6.45) is 7.79. The van der Waals surface area contributed by atoms with Crippen molar-refractivity contribution in [2.75, 3.05) is 18.5 Å². The van der Waals surface area contributed by atoms with E-state index in [0.29, 0.717) is 0 Å². The van der Waals surface area contributed by atoms with Gasteiger partial charge in [-0.2, -0.15) is 0 Å². The minimum atomic E-state index is 0.0625. The van der Waals surface area contributed by atoms with Crippen molar-refractivity contribution in [2.45, 2.75) is 32.1 Å². The number of aliphatic hydroxyl groups is 1. The van der Waals surface area contributed by atoms with Gasteiger partial charge in [0.2, 0.25) is 0 Å². The Morgan fingerprint density at radius 2 is 2.06 bits per heavy atom. The molecule has 1 aliphatic rings. The lowest BCUT2D eigenvalue weighted by Gasteiger charge is -2.35. The van der Waals surface area contributed by atoms with E-state index in [-0.39, 0.29) is 12.0 Å². The summed E-state index contributed by atoms with van der Waals surface area (Å²) in [4.78, 5) is 4.29. The molecule has 2 N–H and O–H groups in total. The number of rotatable bonds is 4. The molecule has 4 heteroatoms. The Balaban J connectivity index is 1.93. The second-order valence-electron chi connectivity index (χ2n) is 4.93. The average molecular weight is 299 g/mol. The van der Waals surface area contributed by atoms with Crippen molar-refractivity contribution < 1.29 is 5.11 Å². The standard InChI is InChI=1S/C13H19BrN2O/c14-11-4-5-12(15-8-11)16-9-13(10-17)6-2-1-3-7-13/h4-5,8,17H,1-3,6-7,9-10H2,(H,15,16). The molecule has 1 saturated carbocycles. The highest BCUT2D eigenvalue weighted by atomic mass is 79.9. The van der Waals surface area contributed by atoms with Crippen LogP contribution in [0.15, 0.2) is 22.8 Å². The molecule has 1 fully saturated rings. The molecule has 1 aromatic rings. The van der Waals surface area contributed by atoms with Gasteiger partial charge < -0.3 is 10.4 Å². The van der Waals surface area contributed by atoms with Gasteiger partial charge in [0.15, 0.2) is 0 Å². The van der Waals surface area contributed by atoms with E-state index in [4.69, 9.17) is 0 Å². The van der Waals surface area contributed by atoms with Crippen LogP contribution >= 0.6 is 15.9 Å². The summed E-state index contributed by atoms with van der Waals surface area (Å²) in [6.45, 7) is 1.09. The van der Waals surface area contributed by atoms with Crippen LogP contribution in [-0.4, -0.2) is 23.2 Å². The van der Waals surface area contributed by atoms with Crippen LogP contribution in [0, 0.1) is 5.41 Å². The topological polar surface area (TPSA) is 45.1 Å². The molecule has 0 bridgehead atoms. The summed E-state index contributed by atoms with van der Waals surface area (Å²) in [5, 5.41) is 12.9. The van der Waals surface area contributed by atoms with Gasteiger partial charge >= 0.3 is 0 Å². The summed E-state index contributed by atoms with van der Waals surface area (Å²) >= 11 is 3.37. The maximum absolute atomic E-state index is 9.60. The van der Waals surface area contributed by atoms with E-state index in [9.17, 15) is 5.11 Å². The maximum atomic E-state index is 9.60. The number of hydrogen-bond donors (Lipinski definition) is 2. The SMILES string of the molecule is OCC1(CNc2ccc(Br)cn2)CCCCC1. The minimum absolute atomic E-state index is 0.0625. The smallest absolute Gasteiger partial charge is 0.125 e. The van der Waals surface area contributed by atoms with Gasteiger partial charge in [-0.15, -0.1) is 0 Å². The van der Waals surface area contributed by atoms with Gasteiger partial charge in [0.25, 0.3) is 0 Å². The van der Waals surface area contributed by atoms with Crippen molar-refractivity contribution in [2.24, 2.45) is 5.41 Å². The van der Waals surface area contributed by atoms with Crippen LogP contribution in [0.25, 0.3) is 0 Å². The number of aromatic nitrogens is 1. The van der Waals surface area contributed by atoms with Crippen molar-refractivity contribution >= 4 is 21.7 Å². The normalized spacial score (nSPS) is 18.9. The largest absolute Gasteiger partial charge is 0.396 e. The first-order valence-electron chi connectivity index (χ1n) is 6.20. The molecule has 1 aliphatic carbocycles. The lowest BCUT2D eigenvalue weighted by Crippen LogP contribution is -2.35. The zero-order valence-electron chi connectivity index (χ0n) is 9.95. The molecule has 3 nitrogen and oxygen atoms in total. The molecule has 0 aliphatic heterocycles. The Bertz CT molecular complexity index is 347. The van der Waals surface area contributed by atoms with Crippen LogP contribution in [0.5, 0.6) is 0 Å². The minimum Gasteiger partial charge on any atom is -0.396 e. The van der Waals surface area contributed by atoms with Crippen molar-refractivity contribution in [3.05, 3.63) is 22.8 Å². The van der Waals surface area contributed by atoms with Gasteiger partial charge in [-0.1, -0.05) is 19.3 Å². The molecule has 2 rings (SSSR count). The van der Waals surface area contributed by atoms with Gasteiger partial charge in [0, 0.05) is 22.6 Å². The molecule has 17 heavy (non-hydrogen) atoms. The number of pyridine rings is 1. The first-order chi connectivity index (χ1) is 8.24. The first kappa shape index (κ1) is 12.8. The molecule has 0 radical (unpaired) electrons. The molecule has 0 spiro atoms. The van der Waals surface area contributed by atoms with E-state index in [0.717, 1.165) is 29.7 Å². The number of halogens is 1. The molecule has 0 aromatic carbocycles. The number of anilines is 1. The van der Waals surface area contributed by atoms with E-state index in [1.54, 1.807) is 6.20 Å². The monoisotopic (exact) mass is 298 g/mol. The third-order valence-electron chi connectivity index (χ3n) is 3.62. The van der Waals surface area contributed by atoms with Gasteiger partial charge in [-0.3, -0.25) is 0 Å². The highest BCUT2D eigenvalue weighted by molar-refractivity contribution is 9.10. The van der Waals surface area contributed by atoms with Crippen LogP contribution in [0.3, 0.4) is 0 Å². The second-order valence-corrected chi connectivity index (χ2v) is 5.85. The van der Waals surface area contributed by atoms with Crippen molar-refractivity contribution in [1.82, 2.24) is 4.98 Å². The molecule has 1 heterocycles. The fourth-order valence-electron chi connectivity index (χ4n) is 2.45. The van der Waals surface area contributed by atoms with Crippen molar-refractivity contribution in [1.29, 1.82) is 0 Å². The van der Waals surface area contributed by atoms with Crippen LogP contribution in [0.2, 0.25) is 0 Å². The zero-order valence-corrected chi connectivity index (χ0v) is 11.5. The summed E-state index contributed by atoms with van der Waals surface area (Å²) < 4.78 is 0.984. The number of nitrogens with zero attached hydrogens (tertiary/aromatic N) is 1. The van der Waals surface area contributed by atoms with Crippen LogP contribution in [0.4, 0.5) is 5.82 Å². The van der Waals surface area contributed by atoms with Gasteiger partial charge in [0.05, 0.1) is 6.61 Å². The fourth-order valence-corrected chi connectivity index (χ4v) is 2.69. The fraction of sp³-hybridized carbons (Fsp3) is 0.615. The summed E-state index contributed by atoms with van der Waals surface area (Å²) in [7, 11) is 0. The number of aliphatic hydroxyl groups excluding tert-OH is 1. The third kappa shape index (κ3) is 3.42. The quantitative estimate of drug-likeness (QED) is 0.897. The molecule has 1 aromatic heterocycles. The molecule has 0 saturated heterocycles. The Morgan fingerprint density at radius 1 is 1.29 bits per heavy atom. The Morgan fingerprint density at radius 3 is 2.65 bits per heavy atom. The molecular formula is C13H19BrN2O. The van der Waals surface area contributed by atoms with Gasteiger partial charge in [-0.25, -0.2) is 4.98 Å². The summed E-state index contributed by atoms with van der Waals surface area (Å²) in [5.74, 6) is 0.881. The van der Waals surface area contributed by atoms with E-state index in [1.165, 1.54) is 19.3 Å². The predicted molar refractivity (Wildman–Crippen MR) is 73.0 cm³/mol. The van der Waals surface area contributed by atoms with Gasteiger partial charge in [0.1, 0.15) is 5.82 Å². The van der Waals surface area contributed by atoms with Crippen LogP contribution in [0.1, 0.15) is 32.1 Å². The van der Waals surface area contributed by atoms with E-state index < -0.39 is 0 Å². The summed E-state index contributed by atoms with van der Waals surface area (Å²) in [5.41, 5.74) is 0.0625. The second kappa shape index (κ2) is 5.83. The van der Waals surface area contributed by atoms with Crippen molar-refractivity contribution in [3.8, 4) is 0 Å². The lowest BCUT2D eigenvalue weighted by atomic mass is 9.74. The maximum Gasteiger partial charge on any atom is 0.125 e. The van der Waals surface area contributed by atoms with E-state index in [1.807, 2.05) is 12.1 Å². The molecule has 0 amide bonds. The van der Waals surface area contributed by atoms with Crippen molar-refractivity contribution in [3.63, 3.8) is 0 Å².